The van der Waals surface area contributed by atoms with E-state index < -0.39 is 0 Å². The Balaban J connectivity index is 3.87. The third kappa shape index (κ3) is 4.91. The molecule has 0 saturated carbocycles. The van der Waals surface area contributed by atoms with E-state index in [-0.39, 0.29) is 11.3 Å². The van der Waals surface area contributed by atoms with Gasteiger partial charge in [0.15, 0.2) is 0 Å². The third-order valence-corrected chi connectivity index (χ3v) is 2.31. The number of carbonyl (C=O) groups excluding carboxylic acids is 1. The van der Waals surface area contributed by atoms with Gasteiger partial charge < -0.3 is 5.32 Å². The summed E-state index contributed by atoms with van der Waals surface area (Å²) in [6.45, 7) is 9.06. The predicted octanol–water partition coefficient (Wildman–Crippen LogP) is 2.73. The molecular formula is C11H23NO. The lowest BCUT2D eigenvalue weighted by Gasteiger charge is -2.23. The summed E-state index contributed by atoms with van der Waals surface area (Å²) in [4.78, 5) is 11.6. The fourth-order valence-corrected chi connectivity index (χ4v) is 1.21. The Morgan fingerprint density at radius 2 is 1.85 bits per heavy atom. The second kappa shape index (κ2) is 6.01. The highest BCUT2D eigenvalue weighted by molar-refractivity contribution is 5.81. The number of amides is 1. The lowest BCUT2D eigenvalue weighted by atomic mass is 9.86. The molecule has 0 unspecified atom stereocenters. The summed E-state index contributed by atoms with van der Waals surface area (Å²) in [6, 6.07) is 0. The summed E-state index contributed by atoms with van der Waals surface area (Å²) in [6.07, 6.45) is 4.28. The van der Waals surface area contributed by atoms with Crippen LogP contribution in [0.5, 0.6) is 0 Å². The molecule has 2 nitrogen and oxygen atoms in total. The van der Waals surface area contributed by atoms with E-state index in [1.54, 1.807) is 0 Å². The first kappa shape index (κ1) is 12.5. The van der Waals surface area contributed by atoms with Gasteiger partial charge in [0.05, 0.1) is 0 Å². The molecule has 0 saturated heterocycles. The second-order valence-electron chi connectivity index (χ2n) is 4.24. The Labute approximate surface area is 82.1 Å². The fraction of sp³-hybridized carbons (Fsp3) is 0.909. The van der Waals surface area contributed by atoms with E-state index >= 15 is 0 Å². The zero-order chi connectivity index (χ0) is 10.3. The molecule has 0 aliphatic rings. The van der Waals surface area contributed by atoms with Crippen molar-refractivity contribution >= 4 is 5.91 Å². The Kier molecular flexibility index (Phi) is 5.76. The van der Waals surface area contributed by atoms with Crippen LogP contribution in [0.1, 0.15) is 53.4 Å². The highest BCUT2D eigenvalue weighted by Gasteiger charge is 2.25. The van der Waals surface area contributed by atoms with Gasteiger partial charge >= 0.3 is 0 Å². The summed E-state index contributed by atoms with van der Waals surface area (Å²) in [5, 5.41) is 2.94. The van der Waals surface area contributed by atoms with E-state index in [0.717, 1.165) is 32.2 Å². The molecule has 0 aromatic rings. The van der Waals surface area contributed by atoms with E-state index in [4.69, 9.17) is 0 Å². The van der Waals surface area contributed by atoms with Crippen molar-refractivity contribution in [2.75, 3.05) is 6.54 Å². The Bertz CT molecular complexity index is 152. The van der Waals surface area contributed by atoms with E-state index in [1.807, 2.05) is 13.8 Å². The maximum absolute atomic E-state index is 11.6. The van der Waals surface area contributed by atoms with Crippen molar-refractivity contribution in [3.63, 3.8) is 0 Å². The van der Waals surface area contributed by atoms with Crippen LogP contribution in [0, 0.1) is 5.41 Å². The SMILES string of the molecule is CCCCC(C)(C)C(=O)NCCC. The normalized spacial score (nSPS) is 11.4. The summed E-state index contributed by atoms with van der Waals surface area (Å²) in [5.74, 6) is 0.197. The molecule has 0 bridgehead atoms. The summed E-state index contributed by atoms with van der Waals surface area (Å²) in [7, 11) is 0. The standard InChI is InChI=1S/C11H23NO/c1-5-7-8-11(3,4)10(13)12-9-6-2/h5-9H2,1-4H3,(H,12,13). The molecule has 0 aromatic carbocycles. The van der Waals surface area contributed by atoms with Crippen molar-refractivity contribution < 1.29 is 4.79 Å². The molecule has 1 N–H and O–H groups in total. The van der Waals surface area contributed by atoms with Gasteiger partial charge in [-0.2, -0.15) is 0 Å². The van der Waals surface area contributed by atoms with Gasteiger partial charge in [-0.3, -0.25) is 4.79 Å². The van der Waals surface area contributed by atoms with Gasteiger partial charge in [-0.1, -0.05) is 40.5 Å². The molecule has 1 amide bonds. The van der Waals surface area contributed by atoms with E-state index in [0.29, 0.717) is 0 Å². The molecular weight excluding hydrogens is 162 g/mol. The van der Waals surface area contributed by atoms with Crippen LogP contribution in [-0.4, -0.2) is 12.5 Å². The molecule has 0 aliphatic carbocycles. The van der Waals surface area contributed by atoms with Crippen molar-refractivity contribution in [1.82, 2.24) is 5.32 Å². The monoisotopic (exact) mass is 185 g/mol. The molecule has 0 spiro atoms. The van der Waals surface area contributed by atoms with Crippen LogP contribution >= 0.6 is 0 Å². The van der Waals surface area contributed by atoms with Gasteiger partial charge in [0.2, 0.25) is 5.91 Å². The lowest BCUT2D eigenvalue weighted by molar-refractivity contribution is -0.129. The number of carbonyl (C=O) groups is 1. The minimum atomic E-state index is -0.189. The number of nitrogens with one attached hydrogen (secondary N) is 1. The van der Waals surface area contributed by atoms with E-state index in [1.165, 1.54) is 0 Å². The van der Waals surface area contributed by atoms with Gasteiger partial charge in [0.25, 0.3) is 0 Å². The molecule has 0 fully saturated rings. The van der Waals surface area contributed by atoms with Gasteiger partial charge in [0.1, 0.15) is 0 Å². The number of hydrogen-bond acceptors (Lipinski definition) is 1. The highest BCUT2D eigenvalue weighted by Crippen LogP contribution is 2.23. The van der Waals surface area contributed by atoms with E-state index in [2.05, 4.69) is 19.2 Å². The molecule has 13 heavy (non-hydrogen) atoms. The maximum atomic E-state index is 11.6. The molecule has 2 heteroatoms. The average Bonchev–Trinajstić information content (AvgIpc) is 2.10. The number of rotatable bonds is 6. The van der Waals surface area contributed by atoms with Crippen molar-refractivity contribution in [1.29, 1.82) is 0 Å². The first-order valence-corrected chi connectivity index (χ1v) is 5.33. The zero-order valence-electron chi connectivity index (χ0n) is 9.44. The first-order valence-electron chi connectivity index (χ1n) is 5.33. The van der Waals surface area contributed by atoms with Crippen LogP contribution in [0.3, 0.4) is 0 Å². The van der Waals surface area contributed by atoms with Gasteiger partial charge in [-0.05, 0) is 12.8 Å². The van der Waals surface area contributed by atoms with Crippen molar-refractivity contribution in [2.24, 2.45) is 5.41 Å². The molecule has 0 heterocycles. The fourth-order valence-electron chi connectivity index (χ4n) is 1.21. The highest BCUT2D eigenvalue weighted by atomic mass is 16.2. The Morgan fingerprint density at radius 1 is 1.23 bits per heavy atom. The summed E-state index contributed by atoms with van der Waals surface area (Å²) >= 11 is 0. The number of hydrogen-bond donors (Lipinski definition) is 1. The summed E-state index contributed by atoms with van der Waals surface area (Å²) in [5.41, 5.74) is -0.189. The minimum absolute atomic E-state index is 0.189. The molecule has 78 valence electrons. The van der Waals surface area contributed by atoms with Gasteiger partial charge in [0, 0.05) is 12.0 Å². The Morgan fingerprint density at radius 3 is 2.31 bits per heavy atom. The van der Waals surface area contributed by atoms with Crippen molar-refractivity contribution in [3.8, 4) is 0 Å². The predicted molar refractivity (Wildman–Crippen MR) is 56.6 cm³/mol. The zero-order valence-corrected chi connectivity index (χ0v) is 9.44. The van der Waals surface area contributed by atoms with Crippen LogP contribution in [0.15, 0.2) is 0 Å². The van der Waals surface area contributed by atoms with Crippen LogP contribution in [0.4, 0.5) is 0 Å². The van der Waals surface area contributed by atoms with Crippen LogP contribution in [0.2, 0.25) is 0 Å². The summed E-state index contributed by atoms with van der Waals surface area (Å²) < 4.78 is 0. The second-order valence-corrected chi connectivity index (χ2v) is 4.24. The van der Waals surface area contributed by atoms with E-state index in [9.17, 15) is 4.79 Å². The quantitative estimate of drug-likeness (QED) is 0.677. The van der Waals surface area contributed by atoms with Crippen LogP contribution in [-0.2, 0) is 4.79 Å². The Hall–Kier alpha value is -0.530. The van der Waals surface area contributed by atoms with Gasteiger partial charge in [-0.25, -0.2) is 0 Å². The smallest absolute Gasteiger partial charge is 0.225 e. The lowest BCUT2D eigenvalue weighted by Crippen LogP contribution is -2.37. The molecule has 0 rings (SSSR count). The topological polar surface area (TPSA) is 29.1 Å². The first-order chi connectivity index (χ1) is 6.04. The molecule has 0 radical (unpaired) electrons. The van der Waals surface area contributed by atoms with Crippen LogP contribution < -0.4 is 5.32 Å². The molecule has 0 atom stereocenters. The average molecular weight is 185 g/mol. The number of unbranched alkanes of at least 4 members (excludes halogenated alkanes) is 1. The van der Waals surface area contributed by atoms with Crippen molar-refractivity contribution in [2.45, 2.75) is 53.4 Å². The minimum Gasteiger partial charge on any atom is -0.356 e. The largest absolute Gasteiger partial charge is 0.356 e. The molecule has 0 aliphatic heterocycles. The third-order valence-electron chi connectivity index (χ3n) is 2.31. The molecule has 0 aromatic heterocycles. The van der Waals surface area contributed by atoms with Crippen molar-refractivity contribution in [3.05, 3.63) is 0 Å². The maximum Gasteiger partial charge on any atom is 0.225 e. The van der Waals surface area contributed by atoms with Crippen LogP contribution in [0.25, 0.3) is 0 Å². The van der Waals surface area contributed by atoms with Gasteiger partial charge in [-0.15, -0.1) is 0 Å².